The largest absolute Gasteiger partial charge is 0.376 e. The van der Waals surface area contributed by atoms with E-state index in [1.54, 1.807) is 11.3 Å². The Balaban J connectivity index is 1.31. The van der Waals surface area contributed by atoms with E-state index >= 15 is 0 Å². The SMILES string of the molecule is c1ccc2sc(N3CC(OCC4CCCO4)C3)nc2c1. The molecule has 106 valence electrons. The lowest BCUT2D eigenvalue weighted by molar-refractivity contribution is -0.0295. The topological polar surface area (TPSA) is 34.6 Å². The van der Waals surface area contributed by atoms with Crippen LogP contribution in [0.3, 0.4) is 0 Å². The second-order valence-electron chi connectivity index (χ2n) is 5.46. The molecule has 0 spiro atoms. The summed E-state index contributed by atoms with van der Waals surface area (Å²) in [5, 5.41) is 1.11. The van der Waals surface area contributed by atoms with Crippen molar-refractivity contribution in [2.24, 2.45) is 0 Å². The van der Waals surface area contributed by atoms with E-state index in [1.165, 1.54) is 11.1 Å². The zero-order valence-electron chi connectivity index (χ0n) is 11.3. The van der Waals surface area contributed by atoms with Crippen LogP contribution in [0.15, 0.2) is 24.3 Å². The third kappa shape index (κ3) is 2.41. The maximum absolute atomic E-state index is 5.90. The number of anilines is 1. The molecule has 3 heterocycles. The van der Waals surface area contributed by atoms with Gasteiger partial charge in [-0.15, -0.1) is 0 Å². The van der Waals surface area contributed by atoms with Crippen molar-refractivity contribution in [2.45, 2.75) is 25.0 Å². The summed E-state index contributed by atoms with van der Waals surface area (Å²) in [5.74, 6) is 0. The number of nitrogens with zero attached hydrogens (tertiary/aromatic N) is 2. The monoisotopic (exact) mass is 290 g/mol. The van der Waals surface area contributed by atoms with Gasteiger partial charge < -0.3 is 14.4 Å². The molecule has 2 aliphatic rings. The maximum atomic E-state index is 5.90. The Hall–Kier alpha value is -1.17. The molecule has 5 heteroatoms. The molecule has 0 saturated carbocycles. The average Bonchev–Trinajstić information content (AvgIpc) is 3.05. The first kappa shape index (κ1) is 12.6. The van der Waals surface area contributed by atoms with E-state index in [2.05, 4.69) is 28.1 Å². The van der Waals surface area contributed by atoms with E-state index in [-0.39, 0.29) is 0 Å². The molecule has 1 aromatic heterocycles. The highest BCUT2D eigenvalue weighted by Crippen LogP contribution is 2.31. The highest BCUT2D eigenvalue weighted by Gasteiger charge is 2.30. The first-order chi connectivity index (χ1) is 9.88. The van der Waals surface area contributed by atoms with Crippen molar-refractivity contribution < 1.29 is 9.47 Å². The molecule has 1 atom stereocenters. The van der Waals surface area contributed by atoms with Crippen molar-refractivity contribution in [1.29, 1.82) is 0 Å². The van der Waals surface area contributed by atoms with E-state index in [0.29, 0.717) is 12.2 Å². The van der Waals surface area contributed by atoms with Crippen LogP contribution in [0, 0.1) is 0 Å². The number of hydrogen-bond acceptors (Lipinski definition) is 5. The van der Waals surface area contributed by atoms with Crippen LogP contribution in [0.4, 0.5) is 5.13 Å². The average molecular weight is 290 g/mol. The Bertz CT molecular complexity index is 555. The first-order valence-corrected chi connectivity index (χ1v) is 8.04. The third-order valence-electron chi connectivity index (χ3n) is 3.94. The van der Waals surface area contributed by atoms with Gasteiger partial charge in [0.05, 0.1) is 29.0 Å². The molecule has 4 nitrogen and oxygen atoms in total. The lowest BCUT2D eigenvalue weighted by atomic mass is 10.2. The Morgan fingerprint density at radius 1 is 1.35 bits per heavy atom. The zero-order valence-corrected chi connectivity index (χ0v) is 12.1. The maximum Gasteiger partial charge on any atom is 0.186 e. The van der Waals surface area contributed by atoms with Crippen LogP contribution in [0.2, 0.25) is 0 Å². The Morgan fingerprint density at radius 3 is 3.05 bits per heavy atom. The second kappa shape index (κ2) is 5.31. The summed E-state index contributed by atoms with van der Waals surface area (Å²) in [4.78, 5) is 6.97. The van der Waals surface area contributed by atoms with Gasteiger partial charge in [0.1, 0.15) is 0 Å². The number of hydrogen-bond donors (Lipinski definition) is 0. The predicted octanol–water partition coefficient (Wildman–Crippen LogP) is 2.68. The minimum absolute atomic E-state index is 0.325. The number of thiazole rings is 1. The minimum atomic E-state index is 0.325. The van der Waals surface area contributed by atoms with Gasteiger partial charge in [-0.25, -0.2) is 4.98 Å². The van der Waals surface area contributed by atoms with Crippen molar-refractivity contribution in [3.8, 4) is 0 Å². The number of para-hydroxylation sites is 1. The number of ether oxygens (including phenoxy) is 2. The van der Waals surface area contributed by atoms with Gasteiger partial charge in [-0.2, -0.15) is 0 Å². The molecule has 0 aliphatic carbocycles. The number of fused-ring (bicyclic) bond motifs is 1. The van der Waals surface area contributed by atoms with Gasteiger partial charge in [0.2, 0.25) is 0 Å². The predicted molar refractivity (Wildman–Crippen MR) is 80.5 cm³/mol. The van der Waals surface area contributed by atoms with Crippen LogP contribution in [-0.4, -0.2) is 43.5 Å². The van der Waals surface area contributed by atoms with Gasteiger partial charge in [0.25, 0.3) is 0 Å². The van der Waals surface area contributed by atoms with Gasteiger partial charge >= 0.3 is 0 Å². The van der Waals surface area contributed by atoms with Gasteiger partial charge in [0, 0.05) is 19.7 Å². The van der Waals surface area contributed by atoms with E-state index in [4.69, 9.17) is 9.47 Å². The number of aromatic nitrogens is 1. The van der Waals surface area contributed by atoms with Crippen LogP contribution in [0.25, 0.3) is 10.2 Å². The Kier molecular flexibility index (Phi) is 3.34. The molecule has 2 saturated heterocycles. The lowest BCUT2D eigenvalue weighted by Gasteiger charge is -2.39. The fraction of sp³-hybridized carbons (Fsp3) is 0.533. The van der Waals surface area contributed by atoms with Crippen LogP contribution < -0.4 is 4.90 Å². The molecule has 20 heavy (non-hydrogen) atoms. The molecule has 4 rings (SSSR count). The molecule has 0 radical (unpaired) electrons. The standard InChI is InChI=1S/C15H18N2O2S/c1-2-6-14-13(5-1)16-15(20-14)17-8-12(9-17)19-10-11-4-3-7-18-11/h1-2,5-6,11-12H,3-4,7-10H2. The van der Waals surface area contributed by atoms with Gasteiger partial charge in [-0.05, 0) is 25.0 Å². The molecule has 1 aromatic carbocycles. The van der Waals surface area contributed by atoms with Crippen LogP contribution in [0.5, 0.6) is 0 Å². The number of rotatable bonds is 4. The summed E-state index contributed by atoms with van der Waals surface area (Å²) in [6, 6.07) is 8.30. The molecule has 0 amide bonds. The number of benzene rings is 1. The summed E-state index contributed by atoms with van der Waals surface area (Å²) in [6.45, 7) is 3.55. The molecular weight excluding hydrogens is 272 g/mol. The zero-order chi connectivity index (χ0) is 13.4. The van der Waals surface area contributed by atoms with E-state index in [0.717, 1.165) is 43.4 Å². The van der Waals surface area contributed by atoms with E-state index in [9.17, 15) is 0 Å². The minimum Gasteiger partial charge on any atom is -0.376 e. The molecular formula is C15H18N2O2S. The Morgan fingerprint density at radius 2 is 2.25 bits per heavy atom. The van der Waals surface area contributed by atoms with Crippen LogP contribution in [-0.2, 0) is 9.47 Å². The van der Waals surface area contributed by atoms with Crippen molar-refractivity contribution in [2.75, 3.05) is 31.2 Å². The third-order valence-corrected chi connectivity index (χ3v) is 5.04. The van der Waals surface area contributed by atoms with Crippen molar-refractivity contribution in [3.63, 3.8) is 0 Å². The van der Waals surface area contributed by atoms with Crippen molar-refractivity contribution >= 4 is 26.7 Å². The summed E-state index contributed by atoms with van der Waals surface area (Å²) in [5.41, 5.74) is 1.09. The highest BCUT2D eigenvalue weighted by atomic mass is 32.1. The van der Waals surface area contributed by atoms with E-state index in [1.807, 2.05) is 6.07 Å². The highest BCUT2D eigenvalue weighted by molar-refractivity contribution is 7.22. The first-order valence-electron chi connectivity index (χ1n) is 7.22. The molecule has 0 N–H and O–H groups in total. The van der Waals surface area contributed by atoms with Gasteiger partial charge in [0.15, 0.2) is 5.13 Å². The summed E-state index contributed by atoms with van der Waals surface area (Å²) < 4.78 is 12.7. The molecule has 2 aliphatic heterocycles. The van der Waals surface area contributed by atoms with E-state index < -0.39 is 0 Å². The van der Waals surface area contributed by atoms with Gasteiger partial charge in [-0.3, -0.25) is 0 Å². The smallest absolute Gasteiger partial charge is 0.186 e. The summed E-state index contributed by atoms with van der Waals surface area (Å²) >= 11 is 1.76. The van der Waals surface area contributed by atoms with Crippen LogP contribution in [0.1, 0.15) is 12.8 Å². The summed E-state index contributed by atoms with van der Waals surface area (Å²) in [6.07, 6.45) is 2.99. The lowest BCUT2D eigenvalue weighted by Crippen LogP contribution is -2.53. The fourth-order valence-electron chi connectivity index (χ4n) is 2.71. The second-order valence-corrected chi connectivity index (χ2v) is 6.47. The Labute approximate surface area is 122 Å². The normalized spacial score (nSPS) is 23.4. The molecule has 0 bridgehead atoms. The molecule has 1 unspecified atom stereocenters. The van der Waals surface area contributed by atoms with Crippen molar-refractivity contribution in [1.82, 2.24) is 4.98 Å². The van der Waals surface area contributed by atoms with Crippen molar-refractivity contribution in [3.05, 3.63) is 24.3 Å². The molecule has 2 aromatic rings. The van der Waals surface area contributed by atoms with Gasteiger partial charge in [-0.1, -0.05) is 23.5 Å². The fourth-order valence-corrected chi connectivity index (χ4v) is 3.70. The summed E-state index contributed by atoms with van der Waals surface area (Å²) in [7, 11) is 0. The quantitative estimate of drug-likeness (QED) is 0.867. The van der Waals surface area contributed by atoms with Crippen LogP contribution >= 0.6 is 11.3 Å². The molecule has 2 fully saturated rings.